The smallest absolute Gasteiger partial charge is 0.232 e. The van der Waals surface area contributed by atoms with Crippen molar-refractivity contribution < 1.29 is 9.18 Å². The third kappa shape index (κ3) is 2.08. The molecule has 0 aliphatic heterocycles. The van der Waals surface area contributed by atoms with E-state index < -0.39 is 0 Å². The van der Waals surface area contributed by atoms with Gasteiger partial charge in [0.1, 0.15) is 11.3 Å². The van der Waals surface area contributed by atoms with Gasteiger partial charge in [-0.15, -0.1) is 0 Å². The van der Waals surface area contributed by atoms with Gasteiger partial charge in [-0.3, -0.25) is 9.36 Å². The van der Waals surface area contributed by atoms with Crippen molar-refractivity contribution in [1.29, 1.82) is 0 Å². The molecule has 0 spiro atoms. The van der Waals surface area contributed by atoms with Gasteiger partial charge in [0.05, 0.1) is 16.6 Å². The van der Waals surface area contributed by atoms with Crippen LogP contribution >= 0.6 is 0 Å². The first-order chi connectivity index (χ1) is 11.2. The maximum absolute atomic E-state index is 13.5. The number of halogens is 1. The number of carbonyl (C=O) groups excluding carboxylic acids is 1. The van der Waals surface area contributed by atoms with Gasteiger partial charge in [0.25, 0.3) is 0 Å². The van der Waals surface area contributed by atoms with E-state index in [1.807, 2.05) is 31.2 Å². The minimum absolute atomic E-state index is 0.00513. The number of fused-ring (bicyclic) bond motifs is 4. The molecule has 2 heterocycles. The summed E-state index contributed by atoms with van der Waals surface area (Å²) in [5, 5.41) is 0.852. The number of hydrogen-bond acceptors (Lipinski definition) is 3. The molecular formula is C18H14FN3O. The standard InChI is InChI=1S/C18H14FN3O/c1-2-5-16(23)22-15-7-4-3-6-12(15)17-18(22)21-13-9-8-11(19)10-14(13)20-17/h3-4,6-10H,2,5H2,1H3. The Morgan fingerprint density at radius 3 is 2.78 bits per heavy atom. The van der Waals surface area contributed by atoms with E-state index in [1.165, 1.54) is 12.1 Å². The van der Waals surface area contributed by atoms with E-state index in [9.17, 15) is 9.18 Å². The van der Waals surface area contributed by atoms with E-state index in [0.717, 1.165) is 17.3 Å². The van der Waals surface area contributed by atoms with E-state index in [-0.39, 0.29) is 11.7 Å². The fraction of sp³-hybridized carbons (Fsp3) is 0.167. The van der Waals surface area contributed by atoms with Crippen LogP contribution in [-0.2, 0) is 0 Å². The Morgan fingerprint density at radius 1 is 1.13 bits per heavy atom. The quantitative estimate of drug-likeness (QED) is 0.554. The lowest BCUT2D eigenvalue weighted by atomic mass is 10.2. The Morgan fingerprint density at radius 2 is 1.96 bits per heavy atom. The lowest BCUT2D eigenvalue weighted by Gasteiger charge is -2.04. The summed E-state index contributed by atoms with van der Waals surface area (Å²) in [4.78, 5) is 21.7. The van der Waals surface area contributed by atoms with E-state index in [2.05, 4.69) is 9.97 Å². The average molecular weight is 307 g/mol. The number of para-hydroxylation sites is 1. The van der Waals surface area contributed by atoms with Gasteiger partial charge in [-0.1, -0.05) is 25.1 Å². The summed E-state index contributed by atoms with van der Waals surface area (Å²) in [6.07, 6.45) is 1.20. The lowest BCUT2D eigenvalue weighted by molar-refractivity contribution is 0.0911. The van der Waals surface area contributed by atoms with Crippen LogP contribution < -0.4 is 0 Å². The molecule has 114 valence electrons. The number of aromatic nitrogens is 3. The summed E-state index contributed by atoms with van der Waals surface area (Å²) in [5.74, 6) is -0.355. The minimum atomic E-state index is -0.350. The molecule has 0 amide bonds. The van der Waals surface area contributed by atoms with Crippen LogP contribution in [0.4, 0.5) is 4.39 Å². The van der Waals surface area contributed by atoms with Gasteiger partial charge in [-0.2, -0.15) is 0 Å². The highest BCUT2D eigenvalue weighted by molar-refractivity contribution is 6.11. The van der Waals surface area contributed by atoms with Crippen LogP contribution in [0.3, 0.4) is 0 Å². The first-order valence-electron chi connectivity index (χ1n) is 7.58. The lowest BCUT2D eigenvalue weighted by Crippen LogP contribution is -2.10. The Balaban J connectivity index is 2.16. The van der Waals surface area contributed by atoms with E-state index in [1.54, 1.807) is 10.6 Å². The number of rotatable bonds is 2. The topological polar surface area (TPSA) is 47.8 Å². The first kappa shape index (κ1) is 13.8. The van der Waals surface area contributed by atoms with Crippen LogP contribution in [0.2, 0.25) is 0 Å². The molecule has 0 unspecified atom stereocenters. The fourth-order valence-electron chi connectivity index (χ4n) is 2.92. The molecule has 4 nitrogen and oxygen atoms in total. The second-order valence-corrected chi connectivity index (χ2v) is 5.53. The predicted molar refractivity (Wildman–Crippen MR) is 88.0 cm³/mol. The number of carbonyl (C=O) groups is 1. The molecule has 0 atom stereocenters. The van der Waals surface area contributed by atoms with E-state index in [4.69, 9.17) is 0 Å². The highest BCUT2D eigenvalue weighted by Crippen LogP contribution is 2.28. The highest BCUT2D eigenvalue weighted by atomic mass is 19.1. The van der Waals surface area contributed by atoms with Crippen molar-refractivity contribution in [3.8, 4) is 0 Å². The molecule has 0 N–H and O–H groups in total. The van der Waals surface area contributed by atoms with Crippen LogP contribution in [0.1, 0.15) is 24.6 Å². The summed E-state index contributed by atoms with van der Waals surface area (Å²) in [6, 6.07) is 11.9. The Kier molecular flexibility index (Phi) is 3.08. The minimum Gasteiger partial charge on any atom is -0.274 e. The molecule has 2 aromatic carbocycles. The van der Waals surface area contributed by atoms with Gasteiger partial charge in [-0.05, 0) is 24.6 Å². The zero-order chi connectivity index (χ0) is 16.0. The second-order valence-electron chi connectivity index (χ2n) is 5.53. The second kappa shape index (κ2) is 5.12. The molecule has 23 heavy (non-hydrogen) atoms. The van der Waals surface area contributed by atoms with Crippen molar-refractivity contribution in [2.75, 3.05) is 0 Å². The molecule has 0 saturated heterocycles. The van der Waals surface area contributed by atoms with Gasteiger partial charge < -0.3 is 0 Å². The molecular weight excluding hydrogens is 293 g/mol. The third-order valence-electron chi connectivity index (χ3n) is 3.93. The van der Waals surface area contributed by atoms with Crippen molar-refractivity contribution in [3.05, 3.63) is 48.3 Å². The molecule has 4 rings (SSSR count). The van der Waals surface area contributed by atoms with Crippen LogP contribution in [0, 0.1) is 5.82 Å². The van der Waals surface area contributed by atoms with E-state index in [0.29, 0.717) is 28.6 Å². The highest BCUT2D eigenvalue weighted by Gasteiger charge is 2.18. The Bertz CT molecular complexity index is 1070. The molecule has 0 aliphatic rings. The molecule has 2 aromatic heterocycles. The van der Waals surface area contributed by atoms with Crippen molar-refractivity contribution in [2.45, 2.75) is 19.8 Å². The number of nitrogens with zero attached hydrogens (tertiary/aromatic N) is 3. The number of benzene rings is 2. The molecule has 0 aliphatic carbocycles. The van der Waals surface area contributed by atoms with Gasteiger partial charge in [0, 0.05) is 17.9 Å². The summed E-state index contributed by atoms with van der Waals surface area (Å²) in [7, 11) is 0. The van der Waals surface area contributed by atoms with Crippen LogP contribution in [-0.4, -0.2) is 20.4 Å². The zero-order valence-corrected chi connectivity index (χ0v) is 12.6. The van der Waals surface area contributed by atoms with Crippen molar-refractivity contribution in [3.63, 3.8) is 0 Å². The largest absolute Gasteiger partial charge is 0.274 e. The predicted octanol–water partition coefficient (Wildman–Crippen LogP) is 4.32. The molecule has 0 saturated carbocycles. The molecule has 0 fully saturated rings. The van der Waals surface area contributed by atoms with E-state index >= 15 is 0 Å². The van der Waals surface area contributed by atoms with Crippen LogP contribution in [0.15, 0.2) is 42.5 Å². The summed E-state index contributed by atoms with van der Waals surface area (Å²) < 4.78 is 15.1. The number of hydrogen-bond donors (Lipinski definition) is 0. The van der Waals surface area contributed by atoms with Gasteiger partial charge >= 0.3 is 0 Å². The molecule has 0 radical (unpaired) electrons. The zero-order valence-electron chi connectivity index (χ0n) is 12.6. The van der Waals surface area contributed by atoms with Crippen molar-refractivity contribution in [1.82, 2.24) is 14.5 Å². The molecule has 4 aromatic rings. The maximum Gasteiger partial charge on any atom is 0.232 e. The van der Waals surface area contributed by atoms with Crippen molar-refractivity contribution >= 4 is 39.0 Å². The first-order valence-corrected chi connectivity index (χ1v) is 7.58. The van der Waals surface area contributed by atoms with Crippen LogP contribution in [0.25, 0.3) is 33.1 Å². The monoisotopic (exact) mass is 307 g/mol. The Labute approximate surface area is 131 Å². The van der Waals surface area contributed by atoms with Crippen molar-refractivity contribution in [2.24, 2.45) is 0 Å². The summed E-state index contributed by atoms with van der Waals surface area (Å²) >= 11 is 0. The van der Waals surface area contributed by atoms with Gasteiger partial charge in [-0.25, -0.2) is 14.4 Å². The molecule has 5 heteroatoms. The summed E-state index contributed by atoms with van der Waals surface area (Å²) in [6.45, 7) is 1.97. The fourth-order valence-corrected chi connectivity index (χ4v) is 2.92. The molecule has 0 bridgehead atoms. The maximum atomic E-state index is 13.5. The average Bonchev–Trinajstić information content (AvgIpc) is 2.86. The Hall–Kier alpha value is -2.82. The van der Waals surface area contributed by atoms with Crippen LogP contribution in [0.5, 0.6) is 0 Å². The van der Waals surface area contributed by atoms with Gasteiger partial charge in [0.2, 0.25) is 5.91 Å². The third-order valence-corrected chi connectivity index (χ3v) is 3.93. The normalized spacial score (nSPS) is 11.6. The summed E-state index contributed by atoms with van der Waals surface area (Å²) in [5.41, 5.74) is 3.01. The SMILES string of the molecule is CCCC(=O)n1c2ccccc2c2nc3cc(F)ccc3nc21. The van der Waals surface area contributed by atoms with Gasteiger partial charge in [0.15, 0.2) is 5.65 Å².